The van der Waals surface area contributed by atoms with E-state index in [4.69, 9.17) is 19.9 Å². The summed E-state index contributed by atoms with van der Waals surface area (Å²) in [7, 11) is 0. The number of nitrogens with two attached hydrogens (primary N) is 1. The predicted molar refractivity (Wildman–Crippen MR) is 105 cm³/mol. The largest absolute Gasteiger partial charge is 0.490 e. The quantitative estimate of drug-likeness (QED) is 0.608. The molecule has 0 aliphatic rings. The van der Waals surface area contributed by atoms with Gasteiger partial charge in [-0.05, 0) is 31.5 Å². The molecule has 6 nitrogen and oxygen atoms in total. The molecule has 0 aliphatic heterocycles. The van der Waals surface area contributed by atoms with Gasteiger partial charge in [0.2, 0.25) is 6.10 Å². The Morgan fingerprint density at radius 3 is 2.19 bits per heavy atom. The van der Waals surface area contributed by atoms with Crippen molar-refractivity contribution in [1.82, 2.24) is 0 Å². The lowest BCUT2D eigenvalue weighted by atomic mass is 10.1. The summed E-state index contributed by atoms with van der Waals surface area (Å²) in [6.07, 6.45) is -1.18. The number of esters is 1. The maximum atomic E-state index is 12.4. The monoisotopic (exact) mass is 435 g/mol. The maximum Gasteiger partial charge on any atom is 0.311 e. The minimum absolute atomic E-state index is 0.0519. The van der Waals surface area contributed by atoms with Gasteiger partial charge < -0.3 is 19.9 Å². The third-order valence-electron chi connectivity index (χ3n) is 3.66. The molecule has 7 heteroatoms. The molecule has 0 heterocycles. The lowest BCUT2D eigenvalue weighted by Crippen LogP contribution is -2.26. The molecule has 2 N–H and O–H groups in total. The SMILES string of the molecule is CCOc1cc(Br)c(CC(=O)O[C@@H](C(N)=O)c2ccccc2)cc1OCC. The number of hydrogen-bond acceptors (Lipinski definition) is 5. The molecule has 0 radical (unpaired) electrons. The number of carbonyl (C=O) groups excluding carboxylic acids is 2. The van der Waals surface area contributed by atoms with Crippen LogP contribution < -0.4 is 15.2 Å². The van der Waals surface area contributed by atoms with Crippen molar-refractivity contribution in [2.75, 3.05) is 13.2 Å². The first-order chi connectivity index (χ1) is 13.0. The van der Waals surface area contributed by atoms with Crippen LogP contribution in [0.25, 0.3) is 0 Å². The van der Waals surface area contributed by atoms with Crippen LogP contribution in [0.3, 0.4) is 0 Å². The van der Waals surface area contributed by atoms with Crippen molar-refractivity contribution >= 4 is 27.8 Å². The highest BCUT2D eigenvalue weighted by Crippen LogP contribution is 2.34. The van der Waals surface area contributed by atoms with E-state index in [1.807, 2.05) is 13.8 Å². The zero-order valence-electron chi connectivity index (χ0n) is 15.2. The molecule has 0 unspecified atom stereocenters. The standard InChI is InChI=1S/C20H22BrNO5/c1-3-25-16-10-14(15(21)12-17(16)26-4-2)11-18(23)27-19(20(22)24)13-8-6-5-7-9-13/h5-10,12,19H,3-4,11H2,1-2H3,(H2,22,24)/t19-/m1/s1. The Balaban J connectivity index is 2.18. The smallest absolute Gasteiger partial charge is 0.311 e. The average Bonchev–Trinajstić information content (AvgIpc) is 2.64. The highest BCUT2D eigenvalue weighted by Gasteiger charge is 2.23. The van der Waals surface area contributed by atoms with E-state index >= 15 is 0 Å². The summed E-state index contributed by atoms with van der Waals surface area (Å²) in [5, 5.41) is 0. The highest BCUT2D eigenvalue weighted by atomic mass is 79.9. The first-order valence-corrected chi connectivity index (χ1v) is 9.37. The predicted octanol–water partition coefficient (Wildman–Crippen LogP) is 3.56. The second kappa shape index (κ2) is 9.97. The maximum absolute atomic E-state index is 12.4. The molecule has 0 fully saturated rings. The van der Waals surface area contributed by atoms with E-state index < -0.39 is 18.0 Å². The van der Waals surface area contributed by atoms with E-state index in [0.717, 1.165) is 0 Å². The number of amides is 1. The molecule has 0 aromatic heterocycles. The van der Waals surface area contributed by atoms with Crippen LogP contribution in [0.2, 0.25) is 0 Å². The van der Waals surface area contributed by atoms with Crippen LogP contribution in [0.15, 0.2) is 46.9 Å². The Hall–Kier alpha value is -2.54. The molecule has 2 rings (SSSR count). The van der Waals surface area contributed by atoms with Crippen molar-refractivity contribution < 1.29 is 23.8 Å². The van der Waals surface area contributed by atoms with Crippen molar-refractivity contribution in [3.63, 3.8) is 0 Å². The fraction of sp³-hybridized carbons (Fsp3) is 0.300. The number of halogens is 1. The summed E-state index contributed by atoms with van der Waals surface area (Å²) in [5.74, 6) is -0.173. The topological polar surface area (TPSA) is 87.9 Å². The third kappa shape index (κ3) is 5.72. The van der Waals surface area contributed by atoms with E-state index in [1.54, 1.807) is 42.5 Å². The first kappa shape index (κ1) is 20.8. The molecular formula is C20H22BrNO5. The second-order valence-corrected chi connectivity index (χ2v) is 6.47. The van der Waals surface area contributed by atoms with Gasteiger partial charge in [-0.1, -0.05) is 46.3 Å². The highest BCUT2D eigenvalue weighted by molar-refractivity contribution is 9.10. The normalized spacial score (nSPS) is 11.5. The van der Waals surface area contributed by atoms with Gasteiger partial charge in [0.15, 0.2) is 11.5 Å². The van der Waals surface area contributed by atoms with Crippen LogP contribution >= 0.6 is 15.9 Å². The summed E-state index contributed by atoms with van der Waals surface area (Å²) in [5.41, 5.74) is 6.58. The molecule has 0 spiro atoms. The van der Waals surface area contributed by atoms with Crippen molar-refractivity contribution in [3.05, 3.63) is 58.1 Å². The molecule has 1 amide bonds. The van der Waals surface area contributed by atoms with Gasteiger partial charge in [0.25, 0.3) is 5.91 Å². The lowest BCUT2D eigenvalue weighted by molar-refractivity contribution is -0.154. The van der Waals surface area contributed by atoms with Gasteiger partial charge in [-0.15, -0.1) is 0 Å². The molecular weight excluding hydrogens is 414 g/mol. The van der Waals surface area contributed by atoms with Crippen LogP contribution in [0, 0.1) is 0 Å². The number of hydrogen-bond donors (Lipinski definition) is 1. The number of primary amides is 1. The van der Waals surface area contributed by atoms with Crippen molar-refractivity contribution in [3.8, 4) is 11.5 Å². The Bertz CT molecular complexity index is 794. The summed E-state index contributed by atoms with van der Waals surface area (Å²) >= 11 is 3.44. The number of benzene rings is 2. The minimum atomic E-state index is -1.13. The van der Waals surface area contributed by atoms with Crippen LogP contribution in [0.5, 0.6) is 11.5 Å². The molecule has 0 saturated carbocycles. The van der Waals surface area contributed by atoms with Gasteiger partial charge in [-0.25, -0.2) is 0 Å². The molecule has 27 heavy (non-hydrogen) atoms. The summed E-state index contributed by atoms with van der Waals surface area (Å²) in [4.78, 5) is 24.1. The summed E-state index contributed by atoms with van der Waals surface area (Å²) in [6.45, 7) is 4.69. The Kier molecular flexibility index (Phi) is 7.67. The summed E-state index contributed by atoms with van der Waals surface area (Å²) in [6, 6.07) is 12.1. The van der Waals surface area contributed by atoms with Crippen LogP contribution in [-0.4, -0.2) is 25.1 Å². The lowest BCUT2D eigenvalue weighted by Gasteiger charge is -2.17. The number of ether oxygens (including phenoxy) is 3. The van der Waals surface area contributed by atoms with E-state index in [-0.39, 0.29) is 6.42 Å². The van der Waals surface area contributed by atoms with Crippen molar-refractivity contribution in [1.29, 1.82) is 0 Å². The molecule has 0 saturated heterocycles. The van der Waals surface area contributed by atoms with Gasteiger partial charge in [-0.3, -0.25) is 9.59 Å². The van der Waals surface area contributed by atoms with Gasteiger partial charge >= 0.3 is 5.97 Å². The van der Waals surface area contributed by atoms with Crippen LogP contribution in [-0.2, 0) is 20.7 Å². The first-order valence-electron chi connectivity index (χ1n) is 8.58. The third-order valence-corrected chi connectivity index (χ3v) is 4.40. The Labute approximate surface area is 166 Å². The average molecular weight is 436 g/mol. The minimum Gasteiger partial charge on any atom is -0.490 e. The molecule has 144 valence electrons. The number of carbonyl (C=O) groups is 2. The van der Waals surface area contributed by atoms with Crippen molar-refractivity contribution in [2.24, 2.45) is 5.73 Å². The molecule has 1 atom stereocenters. The number of rotatable bonds is 9. The fourth-order valence-corrected chi connectivity index (χ4v) is 2.96. The fourth-order valence-electron chi connectivity index (χ4n) is 2.50. The van der Waals surface area contributed by atoms with Gasteiger partial charge in [0, 0.05) is 10.0 Å². The molecule has 2 aromatic rings. The summed E-state index contributed by atoms with van der Waals surface area (Å²) < 4.78 is 17.1. The van der Waals surface area contributed by atoms with E-state index in [9.17, 15) is 9.59 Å². The van der Waals surface area contributed by atoms with E-state index in [2.05, 4.69) is 15.9 Å². The van der Waals surface area contributed by atoms with E-state index in [0.29, 0.717) is 40.3 Å². The van der Waals surface area contributed by atoms with Gasteiger partial charge in [0.1, 0.15) is 0 Å². The van der Waals surface area contributed by atoms with Crippen LogP contribution in [0.4, 0.5) is 0 Å². The molecule has 0 aliphatic carbocycles. The zero-order chi connectivity index (χ0) is 19.8. The molecule has 2 aromatic carbocycles. The van der Waals surface area contributed by atoms with E-state index in [1.165, 1.54) is 0 Å². The van der Waals surface area contributed by atoms with Gasteiger partial charge in [0.05, 0.1) is 19.6 Å². The Morgan fingerprint density at radius 2 is 1.63 bits per heavy atom. The van der Waals surface area contributed by atoms with Gasteiger partial charge in [-0.2, -0.15) is 0 Å². The zero-order valence-corrected chi connectivity index (χ0v) is 16.8. The van der Waals surface area contributed by atoms with Crippen molar-refractivity contribution in [2.45, 2.75) is 26.4 Å². The molecule has 0 bridgehead atoms. The second-order valence-electron chi connectivity index (χ2n) is 5.62. The Morgan fingerprint density at radius 1 is 1.04 bits per heavy atom. The van der Waals surface area contributed by atoms with Crippen LogP contribution in [0.1, 0.15) is 31.1 Å².